The first-order chi connectivity index (χ1) is 8.56. The lowest BCUT2D eigenvalue weighted by Gasteiger charge is -2.09. The first kappa shape index (κ1) is 14.8. The minimum Gasteiger partial charge on any atom is -0.379 e. The summed E-state index contributed by atoms with van der Waals surface area (Å²) in [6.45, 7) is 4.65. The maximum absolute atomic E-state index is 11.0. The Morgan fingerprint density at radius 3 is 2.56 bits per heavy atom. The highest BCUT2D eigenvalue weighted by molar-refractivity contribution is 7.98. The monoisotopic (exact) mass is 268 g/mol. The van der Waals surface area contributed by atoms with Crippen molar-refractivity contribution < 1.29 is 4.92 Å². The Labute approximate surface area is 112 Å². The van der Waals surface area contributed by atoms with Gasteiger partial charge in [0, 0.05) is 12.6 Å². The number of nitro groups is 1. The quantitative estimate of drug-likeness (QED) is 0.464. The van der Waals surface area contributed by atoms with Crippen LogP contribution in [0, 0.1) is 24.0 Å². The highest BCUT2D eigenvalue weighted by Gasteiger charge is 2.14. The Kier molecular flexibility index (Phi) is 5.98. The number of unbranched alkanes of at least 4 members (excludes halogenated alkanes) is 1. The zero-order valence-electron chi connectivity index (χ0n) is 11.2. The van der Waals surface area contributed by atoms with Gasteiger partial charge in [0.15, 0.2) is 0 Å². The molecular weight excluding hydrogens is 248 g/mol. The molecule has 0 amide bonds. The highest BCUT2D eigenvalue weighted by atomic mass is 32.2. The molecule has 0 aliphatic carbocycles. The third-order valence-corrected chi connectivity index (χ3v) is 3.60. The van der Waals surface area contributed by atoms with Gasteiger partial charge in [-0.1, -0.05) is 0 Å². The number of rotatable bonds is 7. The Morgan fingerprint density at radius 1 is 1.28 bits per heavy atom. The lowest BCUT2D eigenvalue weighted by molar-refractivity contribution is -0.384. The Bertz CT molecular complexity index is 422. The summed E-state index contributed by atoms with van der Waals surface area (Å²) >= 11 is 1.82. The normalized spacial score (nSPS) is 10.4. The zero-order chi connectivity index (χ0) is 13.5. The predicted octanol–water partition coefficient (Wildman–Crippen LogP) is 3.77. The molecule has 0 saturated heterocycles. The summed E-state index contributed by atoms with van der Waals surface area (Å²) in [5.74, 6) is 1.14. The van der Waals surface area contributed by atoms with Crippen LogP contribution in [0.15, 0.2) is 12.1 Å². The molecule has 1 aromatic rings. The summed E-state index contributed by atoms with van der Waals surface area (Å²) in [4.78, 5) is 10.7. The lowest BCUT2D eigenvalue weighted by atomic mass is 10.1. The Morgan fingerprint density at radius 2 is 1.94 bits per heavy atom. The van der Waals surface area contributed by atoms with Crippen LogP contribution < -0.4 is 5.32 Å². The summed E-state index contributed by atoms with van der Waals surface area (Å²) < 4.78 is 0. The first-order valence-electron chi connectivity index (χ1n) is 6.04. The molecule has 18 heavy (non-hydrogen) atoms. The van der Waals surface area contributed by atoms with Gasteiger partial charge in [0.2, 0.25) is 0 Å². The molecule has 0 bridgehead atoms. The van der Waals surface area contributed by atoms with Gasteiger partial charge in [-0.05, 0) is 55.9 Å². The molecule has 1 N–H and O–H groups in total. The van der Waals surface area contributed by atoms with Crippen molar-refractivity contribution in [2.75, 3.05) is 23.9 Å². The summed E-state index contributed by atoms with van der Waals surface area (Å²) in [6.07, 6.45) is 4.25. The molecule has 0 radical (unpaired) electrons. The van der Waals surface area contributed by atoms with Crippen LogP contribution in [0.1, 0.15) is 24.0 Å². The van der Waals surface area contributed by atoms with Gasteiger partial charge < -0.3 is 5.32 Å². The van der Waals surface area contributed by atoms with Gasteiger partial charge in [0.1, 0.15) is 5.69 Å². The number of hydrogen-bond acceptors (Lipinski definition) is 4. The van der Waals surface area contributed by atoms with Crippen molar-refractivity contribution in [2.45, 2.75) is 26.7 Å². The van der Waals surface area contributed by atoms with E-state index in [-0.39, 0.29) is 10.6 Å². The summed E-state index contributed by atoms with van der Waals surface area (Å²) in [7, 11) is 0. The Hall–Kier alpha value is -1.23. The molecule has 4 nitrogen and oxygen atoms in total. The second-order valence-electron chi connectivity index (χ2n) is 4.34. The largest absolute Gasteiger partial charge is 0.379 e. The van der Waals surface area contributed by atoms with E-state index in [2.05, 4.69) is 11.6 Å². The topological polar surface area (TPSA) is 55.2 Å². The van der Waals surface area contributed by atoms with Gasteiger partial charge in [-0.2, -0.15) is 11.8 Å². The van der Waals surface area contributed by atoms with Crippen LogP contribution in [-0.2, 0) is 0 Å². The molecule has 0 unspecified atom stereocenters. The van der Waals surface area contributed by atoms with Gasteiger partial charge >= 0.3 is 0 Å². The molecule has 0 heterocycles. The second-order valence-corrected chi connectivity index (χ2v) is 5.32. The molecule has 1 aromatic carbocycles. The molecule has 0 atom stereocenters. The van der Waals surface area contributed by atoms with Crippen molar-refractivity contribution in [2.24, 2.45) is 0 Å². The van der Waals surface area contributed by atoms with E-state index in [9.17, 15) is 10.1 Å². The molecule has 0 aromatic heterocycles. The van der Waals surface area contributed by atoms with E-state index in [1.807, 2.05) is 31.7 Å². The van der Waals surface area contributed by atoms with Crippen LogP contribution in [0.2, 0.25) is 0 Å². The lowest BCUT2D eigenvalue weighted by Crippen LogP contribution is -2.05. The molecule has 0 spiro atoms. The fourth-order valence-electron chi connectivity index (χ4n) is 1.69. The smallest absolute Gasteiger partial charge is 0.292 e. The number of nitrogens with zero attached hydrogens (tertiary/aromatic N) is 1. The van der Waals surface area contributed by atoms with Crippen LogP contribution in [0.3, 0.4) is 0 Å². The average molecular weight is 268 g/mol. The van der Waals surface area contributed by atoms with E-state index < -0.39 is 0 Å². The van der Waals surface area contributed by atoms with Crippen molar-refractivity contribution in [1.82, 2.24) is 0 Å². The van der Waals surface area contributed by atoms with E-state index in [0.29, 0.717) is 5.69 Å². The predicted molar refractivity (Wildman–Crippen MR) is 78.7 cm³/mol. The molecular formula is C13H20N2O2S. The van der Waals surface area contributed by atoms with Crippen LogP contribution in [0.4, 0.5) is 11.4 Å². The van der Waals surface area contributed by atoms with Crippen LogP contribution in [-0.4, -0.2) is 23.5 Å². The summed E-state index contributed by atoms with van der Waals surface area (Å²) in [6, 6.07) is 3.50. The molecule has 0 saturated carbocycles. The number of nitro benzene ring substituents is 1. The number of anilines is 1. The standard InChI is InChI=1S/C13H20N2O2S/c1-10-8-12(14-6-4-5-7-18-3)13(15(16)17)9-11(10)2/h8-9,14H,4-7H2,1-3H3. The van der Waals surface area contributed by atoms with Crippen LogP contribution in [0.5, 0.6) is 0 Å². The molecule has 0 fully saturated rings. The van der Waals surface area contributed by atoms with Crippen molar-refractivity contribution in [3.63, 3.8) is 0 Å². The van der Waals surface area contributed by atoms with Gasteiger partial charge in [0.25, 0.3) is 5.69 Å². The molecule has 100 valence electrons. The summed E-state index contributed by atoms with van der Waals surface area (Å²) in [5, 5.41) is 14.2. The molecule has 5 heteroatoms. The fourth-order valence-corrected chi connectivity index (χ4v) is 2.18. The number of thioether (sulfide) groups is 1. The van der Waals surface area contributed by atoms with Crippen molar-refractivity contribution in [3.05, 3.63) is 33.4 Å². The maximum Gasteiger partial charge on any atom is 0.292 e. The number of aryl methyl sites for hydroxylation is 2. The highest BCUT2D eigenvalue weighted by Crippen LogP contribution is 2.27. The van der Waals surface area contributed by atoms with E-state index in [0.717, 1.165) is 36.3 Å². The third kappa shape index (κ3) is 4.22. The summed E-state index contributed by atoms with van der Waals surface area (Å²) in [5.41, 5.74) is 2.83. The van der Waals surface area contributed by atoms with Gasteiger partial charge in [-0.3, -0.25) is 10.1 Å². The van der Waals surface area contributed by atoms with E-state index in [1.54, 1.807) is 6.07 Å². The SMILES string of the molecule is CSCCCCNc1cc(C)c(C)cc1[N+](=O)[O-]. The molecule has 0 aliphatic rings. The van der Waals surface area contributed by atoms with E-state index in [4.69, 9.17) is 0 Å². The van der Waals surface area contributed by atoms with Crippen LogP contribution >= 0.6 is 11.8 Å². The zero-order valence-corrected chi connectivity index (χ0v) is 12.0. The fraction of sp³-hybridized carbons (Fsp3) is 0.538. The minimum absolute atomic E-state index is 0.169. The Balaban J connectivity index is 2.68. The number of benzene rings is 1. The average Bonchev–Trinajstić information content (AvgIpc) is 2.32. The van der Waals surface area contributed by atoms with Gasteiger partial charge in [0.05, 0.1) is 4.92 Å². The first-order valence-corrected chi connectivity index (χ1v) is 7.44. The van der Waals surface area contributed by atoms with Crippen molar-refractivity contribution in [1.29, 1.82) is 0 Å². The van der Waals surface area contributed by atoms with E-state index in [1.165, 1.54) is 0 Å². The van der Waals surface area contributed by atoms with Crippen molar-refractivity contribution >= 4 is 23.1 Å². The van der Waals surface area contributed by atoms with E-state index >= 15 is 0 Å². The second kappa shape index (κ2) is 7.26. The van der Waals surface area contributed by atoms with Gasteiger partial charge in [-0.15, -0.1) is 0 Å². The van der Waals surface area contributed by atoms with Gasteiger partial charge in [-0.25, -0.2) is 0 Å². The number of hydrogen-bond donors (Lipinski definition) is 1. The number of nitrogens with one attached hydrogen (secondary N) is 1. The maximum atomic E-state index is 11.0. The van der Waals surface area contributed by atoms with Crippen LogP contribution in [0.25, 0.3) is 0 Å². The molecule has 0 aliphatic heterocycles. The molecule has 1 rings (SSSR count). The minimum atomic E-state index is -0.323. The van der Waals surface area contributed by atoms with Crippen molar-refractivity contribution in [3.8, 4) is 0 Å². The third-order valence-electron chi connectivity index (χ3n) is 2.90.